The van der Waals surface area contributed by atoms with Crippen molar-refractivity contribution in [3.8, 4) is 0 Å². The molecule has 1 heterocycles. The summed E-state index contributed by atoms with van der Waals surface area (Å²) in [7, 11) is 0. The predicted octanol–water partition coefficient (Wildman–Crippen LogP) is 4.89. The molecule has 31 heavy (non-hydrogen) atoms. The summed E-state index contributed by atoms with van der Waals surface area (Å²) in [4.78, 5) is 23.1. The first-order valence-electron chi connectivity index (χ1n) is 9.76. The largest absolute Gasteiger partial charge is 0.393 e. The van der Waals surface area contributed by atoms with Gasteiger partial charge in [0.05, 0.1) is 11.3 Å². The number of halogens is 1. The van der Waals surface area contributed by atoms with Gasteiger partial charge in [0.1, 0.15) is 12.0 Å². The molecule has 1 aromatic heterocycles. The number of nitrogens with zero attached hydrogens (tertiary/aromatic N) is 3. The van der Waals surface area contributed by atoms with Gasteiger partial charge in [0.2, 0.25) is 0 Å². The van der Waals surface area contributed by atoms with Crippen LogP contribution >= 0.6 is 15.9 Å². The summed E-state index contributed by atoms with van der Waals surface area (Å²) in [6, 6.07) is 21.4. The van der Waals surface area contributed by atoms with E-state index >= 15 is 0 Å². The summed E-state index contributed by atoms with van der Waals surface area (Å²) < 4.78 is 0.693. The van der Waals surface area contributed by atoms with E-state index in [-0.39, 0.29) is 5.91 Å². The van der Waals surface area contributed by atoms with Crippen molar-refractivity contribution in [1.82, 2.24) is 15.4 Å². The normalized spacial score (nSPS) is 10.6. The second kappa shape index (κ2) is 9.01. The van der Waals surface area contributed by atoms with Crippen molar-refractivity contribution in [1.29, 1.82) is 0 Å². The standard InChI is InChI=1S/C23H21BrN6O/c1-2-30(19-13-7-9-15-8-3-4-10-16(15)19)22-20(25)21(26-14-27-22)28-29-23(31)17-11-5-6-12-18(17)24/h3-14H,2,25H2,1H3,(H,29,31)(H,26,27,28). The first kappa shape index (κ1) is 20.6. The lowest BCUT2D eigenvalue weighted by Gasteiger charge is -2.25. The third-order valence-corrected chi connectivity index (χ3v) is 5.60. The molecule has 0 aliphatic rings. The first-order chi connectivity index (χ1) is 15.1. The molecule has 3 aromatic carbocycles. The second-order valence-corrected chi connectivity index (χ2v) is 7.62. The van der Waals surface area contributed by atoms with Crippen molar-refractivity contribution in [3.05, 3.63) is 83.1 Å². The number of hydrazine groups is 1. The van der Waals surface area contributed by atoms with Gasteiger partial charge >= 0.3 is 0 Å². The van der Waals surface area contributed by atoms with Crippen LogP contribution in [0.2, 0.25) is 0 Å². The van der Waals surface area contributed by atoms with Crippen LogP contribution in [0, 0.1) is 0 Å². The van der Waals surface area contributed by atoms with E-state index in [1.807, 2.05) is 42.2 Å². The number of anilines is 4. The van der Waals surface area contributed by atoms with Crippen LogP contribution in [0.25, 0.3) is 10.8 Å². The zero-order chi connectivity index (χ0) is 21.8. The number of hydrogen-bond acceptors (Lipinski definition) is 6. The average molecular weight is 477 g/mol. The van der Waals surface area contributed by atoms with E-state index in [1.165, 1.54) is 6.33 Å². The monoisotopic (exact) mass is 476 g/mol. The fourth-order valence-corrected chi connectivity index (χ4v) is 3.87. The van der Waals surface area contributed by atoms with Crippen LogP contribution in [0.5, 0.6) is 0 Å². The molecule has 0 bridgehead atoms. The molecule has 8 heteroatoms. The van der Waals surface area contributed by atoms with Crippen LogP contribution in [-0.4, -0.2) is 22.4 Å². The third kappa shape index (κ3) is 4.15. The molecule has 0 aliphatic heterocycles. The molecule has 0 saturated heterocycles. The van der Waals surface area contributed by atoms with Crippen molar-refractivity contribution in [3.63, 3.8) is 0 Å². The molecule has 7 nitrogen and oxygen atoms in total. The lowest BCUT2D eigenvalue weighted by atomic mass is 10.1. The molecule has 0 saturated carbocycles. The predicted molar refractivity (Wildman–Crippen MR) is 128 cm³/mol. The molecule has 0 unspecified atom stereocenters. The number of aromatic nitrogens is 2. The maximum atomic E-state index is 12.5. The quantitative estimate of drug-likeness (QED) is 0.343. The highest BCUT2D eigenvalue weighted by Crippen LogP contribution is 2.35. The molecule has 4 aromatic rings. The summed E-state index contributed by atoms with van der Waals surface area (Å²) in [6.45, 7) is 2.68. The highest BCUT2D eigenvalue weighted by atomic mass is 79.9. The Kier molecular flexibility index (Phi) is 5.99. The molecule has 0 aliphatic carbocycles. The maximum absolute atomic E-state index is 12.5. The van der Waals surface area contributed by atoms with Gasteiger partial charge in [0, 0.05) is 16.4 Å². The van der Waals surface area contributed by atoms with Gasteiger partial charge in [0.25, 0.3) is 5.91 Å². The maximum Gasteiger partial charge on any atom is 0.270 e. The summed E-state index contributed by atoms with van der Waals surface area (Å²) in [5.41, 5.74) is 13.7. The zero-order valence-electron chi connectivity index (χ0n) is 16.8. The van der Waals surface area contributed by atoms with Crippen molar-refractivity contribution in [2.75, 3.05) is 22.6 Å². The summed E-state index contributed by atoms with van der Waals surface area (Å²) in [5, 5.41) is 2.23. The van der Waals surface area contributed by atoms with Crippen LogP contribution in [-0.2, 0) is 0 Å². The van der Waals surface area contributed by atoms with Gasteiger partial charge in [-0.25, -0.2) is 9.97 Å². The molecule has 1 amide bonds. The van der Waals surface area contributed by atoms with Crippen LogP contribution in [0.1, 0.15) is 17.3 Å². The molecule has 156 valence electrons. The molecule has 0 atom stereocenters. The Balaban J connectivity index is 1.63. The third-order valence-electron chi connectivity index (χ3n) is 4.91. The SMILES string of the molecule is CCN(c1ncnc(NNC(=O)c2ccccc2Br)c1N)c1cccc2ccccc12. The number of amides is 1. The molecular formula is C23H21BrN6O. The number of nitrogen functional groups attached to an aromatic ring is 1. The molecule has 0 fully saturated rings. The van der Waals surface area contributed by atoms with Gasteiger partial charge in [-0.2, -0.15) is 0 Å². The van der Waals surface area contributed by atoms with Crippen molar-refractivity contribution in [2.24, 2.45) is 0 Å². The van der Waals surface area contributed by atoms with Gasteiger partial charge in [-0.15, -0.1) is 0 Å². The minimum absolute atomic E-state index is 0.312. The number of nitrogens with one attached hydrogen (secondary N) is 2. The summed E-state index contributed by atoms with van der Waals surface area (Å²) >= 11 is 3.38. The molecular weight excluding hydrogens is 456 g/mol. The lowest BCUT2D eigenvalue weighted by molar-refractivity contribution is 0.0961. The summed E-state index contributed by atoms with van der Waals surface area (Å²) in [5.74, 6) is 0.573. The zero-order valence-corrected chi connectivity index (χ0v) is 18.4. The van der Waals surface area contributed by atoms with Gasteiger partial charge in [-0.1, -0.05) is 48.5 Å². The second-order valence-electron chi connectivity index (χ2n) is 6.76. The average Bonchev–Trinajstić information content (AvgIpc) is 2.80. The Morgan fingerprint density at radius 2 is 1.77 bits per heavy atom. The Labute approximate surface area is 188 Å². The van der Waals surface area contributed by atoms with E-state index in [9.17, 15) is 4.79 Å². The highest BCUT2D eigenvalue weighted by Gasteiger charge is 2.18. The molecule has 4 rings (SSSR count). The van der Waals surface area contributed by atoms with Gasteiger partial charge in [-0.3, -0.25) is 15.6 Å². The number of nitrogens with two attached hydrogens (primary N) is 1. The van der Waals surface area contributed by atoms with Crippen molar-refractivity contribution < 1.29 is 4.79 Å². The van der Waals surface area contributed by atoms with E-state index in [4.69, 9.17) is 5.73 Å². The Hall–Kier alpha value is -3.65. The van der Waals surface area contributed by atoms with E-state index < -0.39 is 0 Å². The topological polar surface area (TPSA) is 96.2 Å². The van der Waals surface area contributed by atoms with Crippen LogP contribution in [0.3, 0.4) is 0 Å². The van der Waals surface area contributed by atoms with E-state index in [1.54, 1.807) is 18.2 Å². The number of rotatable bonds is 6. The van der Waals surface area contributed by atoms with E-state index in [0.717, 1.165) is 16.5 Å². The Bertz CT molecular complexity index is 1240. The first-order valence-corrected chi connectivity index (χ1v) is 10.6. The van der Waals surface area contributed by atoms with Crippen LogP contribution in [0.15, 0.2) is 77.5 Å². The van der Waals surface area contributed by atoms with Gasteiger partial charge < -0.3 is 10.6 Å². The van der Waals surface area contributed by atoms with E-state index in [0.29, 0.717) is 33.9 Å². The van der Waals surface area contributed by atoms with Gasteiger partial charge in [-0.05, 0) is 46.4 Å². The number of hydrogen-bond donors (Lipinski definition) is 3. The van der Waals surface area contributed by atoms with Gasteiger partial charge in [0.15, 0.2) is 11.6 Å². The minimum Gasteiger partial charge on any atom is -0.393 e. The minimum atomic E-state index is -0.312. The highest BCUT2D eigenvalue weighted by molar-refractivity contribution is 9.10. The van der Waals surface area contributed by atoms with Crippen LogP contribution < -0.4 is 21.5 Å². The molecule has 0 spiro atoms. The number of fused-ring (bicyclic) bond motifs is 1. The lowest BCUT2D eigenvalue weighted by Crippen LogP contribution is -2.31. The summed E-state index contributed by atoms with van der Waals surface area (Å²) in [6.07, 6.45) is 1.42. The fraction of sp³-hybridized carbons (Fsp3) is 0.0870. The van der Waals surface area contributed by atoms with Crippen molar-refractivity contribution >= 4 is 55.6 Å². The number of carbonyl (C=O) groups excluding carboxylic acids is 1. The fourth-order valence-electron chi connectivity index (χ4n) is 3.41. The Morgan fingerprint density at radius 1 is 1.03 bits per heavy atom. The number of benzene rings is 3. The Morgan fingerprint density at radius 3 is 2.58 bits per heavy atom. The van der Waals surface area contributed by atoms with E-state index in [2.05, 4.69) is 54.9 Å². The number of carbonyl (C=O) groups is 1. The molecule has 4 N–H and O–H groups in total. The smallest absolute Gasteiger partial charge is 0.270 e. The molecule has 0 radical (unpaired) electrons. The van der Waals surface area contributed by atoms with Crippen LogP contribution in [0.4, 0.5) is 23.0 Å². The van der Waals surface area contributed by atoms with Crippen molar-refractivity contribution in [2.45, 2.75) is 6.92 Å².